The second-order valence-electron chi connectivity index (χ2n) is 7.86. The molecule has 0 saturated carbocycles. The molecule has 32 heavy (non-hydrogen) atoms. The van der Waals surface area contributed by atoms with Crippen LogP contribution in [0.4, 0.5) is 11.4 Å². The molecular formula is C26H26ClN3O2. The minimum Gasteiger partial charge on any atom is -0.371 e. The molecule has 0 aromatic heterocycles. The minimum atomic E-state index is -0.815. The molecule has 0 aliphatic carbocycles. The summed E-state index contributed by atoms with van der Waals surface area (Å²) in [7, 11) is 0. The first-order chi connectivity index (χ1) is 15.6. The molecule has 1 saturated heterocycles. The molecule has 0 bridgehead atoms. The molecule has 5 nitrogen and oxygen atoms in total. The van der Waals surface area contributed by atoms with E-state index in [0.29, 0.717) is 17.8 Å². The third-order valence-corrected chi connectivity index (χ3v) is 6.02. The van der Waals surface area contributed by atoms with Crippen LogP contribution < -0.4 is 15.5 Å². The summed E-state index contributed by atoms with van der Waals surface area (Å²) < 4.78 is 0. The fourth-order valence-electron chi connectivity index (χ4n) is 3.88. The number of rotatable bonds is 7. The highest BCUT2D eigenvalue weighted by molar-refractivity contribution is 6.32. The second kappa shape index (κ2) is 10.3. The fourth-order valence-corrected chi connectivity index (χ4v) is 4.08. The maximum absolute atomic E-state index is 13.1. The Morgan fingerprint density at radius 3 is 2.25 bits per heavy atom. The van der Waals surface area contributed by atoms with Gasteiger partial charge < -0.3 is 15.5 Å². The zero-order valence-electron chi connectivity index (χ0n) is 17.8. The van der Waals surface area contributed by atoms with Crippen LogP contribution in [-0.2, 0) is 11.3 Å². The Hall–Kier alpha value is -3.31. The van der Waals surface area contributed by atoms with E-state index in [0.717, 1.165) is 42.7 Å². The maximum atomic E-state index is 13.1. The first-order valence-electron chi connectivity index (χ1n) is 10.8. The number of benzene rings is 3. The van der Waals surface area contributed by atoms with Gasteiger partial charge in [0.1, 0.15) is 5.38 Å². The summed E-state index contributed by atoms with van der Waals surface area (Å²) in [5.74, 6) is -0.500. The normalized spacial score (nSPS) is 14.1. The molecule has 1 unspecified atom stereocenters. The molecule has 6 heteroatoms. The van der Waals surface area contributed by atoms with E-state index in [1.807, 2.05) is 72.8 Å². The summed E-state index contributed by atoms with van der Waals surface area (Å²) in [6, 6.07) is 24.5. The van der Waals surface area contributed by atoms with E-state index < -0.39 is 5.38 Å². The number of halogens is 1. The quantitative estimate of drug-likeness (QED) is 0.493. The average Bonchev–Trinajstić information content (AvgIpc) is 3.38. The van der Waals surface area contributed by atoms with Crippen LogP contribution in [0.5, 0.6) is 0 Å². The molecule has 4 rings (SSSR count). The van der Waals surface area contributed by atoms with Gasteiger partial charge in [0, 0.05) is 31.0 Å². The van der Waals surface area contributed by atoms with Crippen LogP contribution in [-0.4, -0.2) is 24.9 Å². The van der Waals surface area contributed by atoms with Crippen molar-refractivity contribution in [1.82, 2.24) is 5.32 Å². The summed E-state index contributed by atoms with van der Waals surface area (Å²) in [5, 5.41) is 5.05. The van der Waals surface area contributed by atoms with Crippen molar-refractivity contribution in [2.45, 2.75) is 24.8 Å². The zero-order valence-corrected chi connectivity index (χ0v) is 18.5. The molecule has 0 radical (unpaired) electrons. The number of anilines is 2. The summed E-state index contributed by atoms with van der Waals surface area (Å²) in [4.78, 5) is 28.0. The topological polar surface area (TPSA) is 61.4 Å². The Labute approximate surface area is 193 Å². The molecule has 1 aliphatic heterocycles. The van der Waals surface area contributed by atoms with Crippen molar-refractivity contribution >= 4 is 34.8 Å². The predicted molar refractivity (Wildman–Crippen MR) is 129 cm³/mol. The van der Waals surface area contributed by atoms with E-state index in [1.54, 1.807) is 6.07 Å². The van der Waals surface area contributed by atoms with E-state index in [9.17, 15) is 9.59 Å². The Balaban J connectivity index is 1.53. The molecular weight excluding hydrogens is 422 g/mol. The number of hydrogen-bond acceptors (Lipinski definition) is 3. The van der Waals surface area contributed by atoms with Gasteiger partial charge in [0.25, 0.3) is 5.91 Å². The van der Waals surface area contributed by atoms with Gasteiger partial charge >= 0.3 is 0 Å². The number of amides is 2. The first kappa shape index (κ1) is 21.9. The predicted octanol–water partition coefficient (Wildman–Crippen LogP) is 5.14. The molecule has 2 N–H and O–H groups in total. The highest BCUT2D eigenvalue weighted by Gasteiger charge is 2.22. The lowest BCUT2D eigenvalue weighted by Crippen LogP contribution is -2.27. The van der Waals surface area contributed by atoms with E-state index >= 15 is 0 Å². The van der Waals surface area contributed by atoms with Crippen molar-refractivity contribution < 1.29 is 9.59 Å². The number of alkyl halides is 1. The molecule has 1 heterocycles. The van der Waals surface area contributed by atoms with E-state index in [4.69, 9.17) is 11.6 Å². The van der Waals surface area contributed by atoms with Gasteiger partial charge in [0.2, 0.25) is 5.91 Å². The molecule has 164 valence electrons. The van der Waals surface area contributed by atoms with Crippen molar-refractivity contribution in [2.24, 2.45) is 0 Å². The van der Waals surface area contributed by atoms with Crippen LogP contribution in [0, 0.1) is 0 Å². The van der Waals surface area contributed by atoms with Gasteiger partial charge in [-0.3, -0.25) is 9.59 Å². The zero-order chi connectivity index (χ0) is 22.3. The van der Waals surface area contributed by atoms with Crippen LogP contribution in [0.3, 0.4) is 0 Å². The summed E-state index contributed by atoms with van der Waals surface area (Å²) >= 11 is 6.36. The van der Waals surface area contributed by atoms with Crippen molar-refractivity contribution in [3.8, 4) is 0 Å². The molecule has 1 atom stereocenters. The third kappa shape index (κ3) is 5.29. The van der Waals surface area contributed by atoms with Gasteiger partial charge in [0.05, 0.1) is 5.56 Å². The lowest BCUT2D eigenvalue weighted by molar-refractivity contribution is -0.116. The Bertz CT molecular complexity index is 1070. The number of carbonyl (C=O) groups excluding carboxylic acids is 2. The highest BCUT2D eigenvalue weighted by Crippen LogP contribution is 2.29. The Morgan fingerprint density at radius 1 is 0.906 bits per heavy atom. The SMILES string of the molecule is O=C(NCc1ccccc1)c1cc(NC(=O)C(Cl)c2ccccc2)ccc1N1CCCC1. The van der Waals surface area contributed by atoms with E-state index in [-0.39, 0.29) is 11.8 Å². The van der Waals surface area contributed by atoms with Gasteiger partial charge in [-0.15, -0.1) is 11.6 Å². The van der Waals surface area contributed by atoms with Crippen molar-refractivity contribution in [1.29, 1.82) is 0 Å². The number of carbonyl (C=O) groups is 2. The largest absolute Gasteiger partial charge is 0.371 e. The second-order valence-corrected chi connectivity index (χ2v) is 8.29. The smallest absolute Gasteiger partial charge is 0.253 e. The maximum Gasteiger partial charge on any atom is 0.253 e. The van der Waals surface area contributed by atoms with E-state index in [2.05, 4.69) is 15.5 Å². The minimum absolute atomic E-state index is 0.169. The van der Waals surface area contributed by atoms with Gasteiger partial charge in [0.15, 0.2) is 0 Å². The van der Waals surface area contributed by atoms with Crippen molar-refractivity contribution in [3.05, 3.63) is 95.6 Å². The van der Waals surface area contributed by atoms with Gasteiger partial charge in [-0.05, 0) is 42.2 Å². The van der Waals surface area contributed by atoms with Crippen LogP contribution in [0.15, 0.2) is 78.9 Å². The van der Waals surface area contributed by atoms with E-state index in [1.165, 1.54) is 0 Å². The van der Waals surface area contributed by atoms with Gasteiger partial charge in [-0.2, -0.15) is 0 Å². The summed E-state index contributed by atoms with van der Waals surface area (Å²) in [6.45, 7) is 2.28. The van der Waals surface area contributed by atoms with Crippen molar-refractivity contribution in [3.63, 3.8) is 0 Å². The lowest BCUT2D eigenvalue weighted by atomic mass is 10.1. The van der Waals surface area contributed by atoms with Gasteiger partial charge in [-0.1, -0.05) is 60.7 Å². The fraction of sp³-hybridized carbons (Fsp3) is 0.231. The molecule has 0 spiro atoms. The molecule has 1 aliphatic rings. The first-order valence-corrected chi connectivity index (χ1v) is 11.3. The molecule has 3 aromatic rings. The number of hydrogen-bond donors (Lipinski definition) is 2. The number of nitrogens with zero attached hydrogens (tertiary/aromatic N) is 1. The Morgan fingerprint density at radius 2 is 1.56 bits per heavy atom. The van der Waals surface area contributed by atoms with Gasteiger partial charge in [-0.25, -0.2) is 0 Å². The summed E-state index contributed by atoms with van der Waals surface area (Å²) in [5.41, 5.74) is 3.73. The standard InChI is InChI=1S/C26H26ClN3O2/c27-24(20-11-5-2-6-12-20)26(32)29-21-13-14-23(30-15-7-8-16-30)22(17-21)25(31)28-18-19-9-3-1-4-10-19/h1-6,9-14,17,24H,7-8,15-16,18H2,(H,28,31)(H,29,32). The molecule has 3 aromatic carbocycles. The van der Waals surface area contributed by atoms with Crippen LogP contribution in [0.2, 0.25) is 0 Å². The number of nitrogens with one attached hydrogen (secondary N) is 2. The van der Waals surface area contributed by atoms with Crippen LogP contribution in [0.25, 0.3) is 0 Å². The average molecular weight is 448 g/mol. The molecule has 1 fully saturated rings. The van der Waals surface area contributed by atoms with Crippen molar-refractivity contribution in [2.75, 3.05) is 23.3 Å². The highest BCUT2D eigenvalue weighted by atomic mass is 35.5. The Kier molecular flexibility index (Phi) is 7.07. The monoisotopic (exact) mass is 447 g/mol. The van der Waals surface area contributed by atoms with Crippen LogP contribution >= 0.6 is 11.6 Å². The third-order valence-electron chi connectivity index (χ3n) is 5.57. The van der Waals surface area contributed by atoms with Crippen LogP contribution in [0.1, 0.15) is 39.7 Å². The lowest BCUT2D eigenvalue weighted by Gasteiger charge is -2.22. The summed E-state index contributed by atoms with van der Waals surface area (Å²) in [6.07, 6.45) is 2.21. The molecule has 2 amide bonds.